The summed E-state index contributed by atoms with van der Waals surface area (Å²) in [5.41, 5.74) is 2.14. The predicted molar refractivity (Wildman–Crippen MR) is 132 cm³/mol. The molecule has 0 radical (unpaired) electrons. The minimum Gasteiger partial charge on any atom is -0.376 e. The van der Waals surface area contributed by atoms with E-state index in [0.717, 1.165) is 57.4 Å². The lowest BCUT2D eigenvalue weighted by atomic mass is 10.1. The van der Waals surface area contributed by atoms with Crippen molar-refractivity contribution >= 4 is 51.6 Å². The van der Waals surface area contributed by atoms with E-state index in [1.165, 1.54) is 23.1 Å². The van der Waals surface area contributed by atoms with Crippen LogP contribution in [0, 0.1) is 0 Å². The van der Waals surface area contributed by atoms with Crippen LogP contribution in [-0.4, -0.2) is 46.9 Å². The van der Waals surface area contributed by atoms with Crippen LogP contribution in [0.15, 0.2) is 63.8 Å². The predicted octanol–water partition coefficient (Wildman–Crippen LogP) is 5.10. The van der Waals surface area contributed by atoms with Gasteiger partial charge in [-0.25, -0.2) is 0 Å². The summed E-state index contributed by atoms with van der Waals surface area (Å²) in [7, 11) is 0. The molecule has 0 saturated carbocycles. The Hall–Kier alpha value is -2.07. The van der Waals surface area contributed by atoms with Crippen LogP contribution in [0.25, 0.3) is 0 Å². The molecule has 3 aromatic rings. The molecular formula is C23H24N4O2S3. The third kappa shape index (κ3) is 4.96. The van der Waals surface area contributed by atoms with Crippen LogP contribution in [0.3, 0.4) is 0 Å². The Balaban J connectivity index is 1.27. The Labute approximate surface area is 200 Å². The van der Waals surface area contributed by atoms with Gasteiger partial charge in [0.25, 0.3) is 0 Å². The zero-order valence-electron chi connectivity index (χ0n) is 17.5. The first kappa shape index (κ1) is 21.8. The van der Waals surface area contributed by atoms with Crippen molar-refractivity contribution in [1.82, 2.24) is 10.2 Å². The Morgan fingerprint density at radius 2 is 2.00 bits per heavy atom. The van der Waals surface area contributed by atoms with Crippen molar-refractivity contribution in [2.75, 3.05) is 34.9 Å². The van der Waals surface area contributed by atoms with E-state index >= 15 is 0 Å². The summed E-state index contributed by atoms with van der Waals surface area (Å²) in [6, 6.07) is 18.4. The summed E-state index contributed by atoms with van der Waals surface area (Å²) in [5.74, 6) is 1.25. The number of ether oxygens (including phenoxy) is 1. The topological polar surface area (TPSA) is 67.3 Å². The minimum atomic E-state index is 0.0160. The van der Waals surface area contributed by atoms with E-state index in [0.29, 0.717) is 5.75 Å². The molecule has 1 saturated heterocycles. The Morgan fingerprint density at radius 1 is 1.16 bits per heavy atom. The van der Waals surface area contributed by atoms with Crippen molar-refractivity contribution in [3.8, 4) is 0 Å². The first-order valence-corrected chi connectivity index (χ1v) is 13.5. The molecule has 1 N–H and O–H groups in total. The van der Waals surface area contributed by atoms with Gasteiger partial charge in [-0.2, -0.15) is 0 Å². The zero-order chi connectivity index (χ0) is 21.8. The monoisotopic (exact) mass is 484 g/mol. The van der Waals surface area contributed by atoms with Gasteiger partial charge in [0.15, 0.2) is 4.34 Å². The van der Waals surface area contributed by atoms with Gasteiger partial charge in [-0.3, -0.25) is 4.79 Å². The molecule has 0 unspecified atom stereocenters. The number of carbonyl (C=O) groups is 1. The molecule has 2 aromatic carbocycles. The van der Waals surface area contributed by atoms with Crippen LogP contribution >= 0.6 is 34.9 Å². The van der Waals surface area contributed by atoms with Crippen LogP contribution in [0.5, 0.6) is 0 Å². The third-order valence-corrected chi connectivity index (χ3v) is 8.65. The molecular weight excluding hydrogens is 460 g/mol. The van der Waals surface area contributed by atoms with Gasteiger partial charge in [0, 0.05) is 23.8 Å². The lowest BCUT2D eigenvalue weighted by Crippen LogP contribution is -2.39. The van der Waals surface area contributed by atoms with Crippen LogP contribution < -0.4 is 10.2 Å². The highest BCUT2D eigenvalue weighted by Gasteiger charge is 2.32. The molecule has 3 heterocycles. The molecule has 1 amide bonds. The number of hydrogen-bond donors (Lipinski definition) is 1. The summed E-state index contributed by atoms with van der Waals surface area (Å²) in [4.78, 5) is 16.6. The number of para-hydroxylation sites is 1. The fraction of sp³-hybridized carbons (Fsp3) is 0.348. The van der Waals surface area contributed by atoms with Gasteiger partial charge in [0.2, 0.25) is 11.0 Å². The highest BCUT2D eigenvalue weighted by Crippen LogP contribution is 2.43. The second kappa shape index (κ2) is 10.2. The highest BCUT2D eigenvalue weighted by molar-refractivity contribution is 8.01. The van der Waals surface area contributed by atoms with E-state index in [9.17, 15) is 4.79 Å². The van der Waals surface area contributed by atoms with Gasteiger partial charge in [-0.15, -0.1) is 22.0 Å². The Morgan fingerprint density at radius 3 is 2.84 bits per heavy atom. The summed E-state index contributed by atoms with van der Waals surface area (Å²) in [6.07, 6.45) is 2.46. The summed E-state index contributed by atoms with van der Waals surface area (Å²) in [6.45, 7) is 1.59. The maximum Gasteiger partial charge on any atom is 0.238 e. The average molecular weight is 485 g/mol. The van der Waals surface area contributed by atoms with Crippen molar-refractivity contribution in [3.05, 3.63) is 60.2 Å². The van der Waals surface area contributed by atoms with E-state index in [-0.39, 0.29) is 18.1 Å². The average Bonchev–Trinajstić information content (AvgIpc) is 3.53. The standard InChI is InChI=1S/C23H24N4O2S3/c28-21(15-31-23-26-25-22(32-23)24-13-17-9-6-12-29-17)27-18-10-4-5-11-20(18)30-14-19(27)16-7-2-1-3-8-16/h1-5,7-8,10-11,17,19H,6,9,12-15H2,(H,24,25)/t17-,19+/m1/s1. The number of fused-ring (bicyclic) bond motifs is 1. The molecule has 0 aliphatic carbocycles. The Kier molecular flexibility index (Phi) is 6.97. The molecule has 2 atom stereocenters. The molecule has 32 heavy (non-hydrogen) atoms. The quantitative estimate of drug-likeness (QED) is 0.468. The molecule has 0 spiro atoms. The SMILES string of the molecule is O=C(CSc1nnc(NC[C@H]2CCCO2)s1)N1c2ccccc2SC[C@H]1c1ccccc1. The van der Waals surface area contributed by atoms with Crippen molar-refractivity contribution in [1.29, 1.82) is 0 Å². The number of aromatic nitrogens is 2. The van der Waals surface area contributed by atoms with E-state index in [4.69, 9.17) is 4.74 Å². The minimum absolute atomic E-state index is 0.0160. The number of rotatable bonds is 7. The first-order chi connectivity index (χ1) is 15.8. The molecule has 1 aromatic heterocycles. The number of thioether (sulfide) groups is 2. The highest BCUT2D eigenvalue weighted by atomic mass is 32.2. The number of amides is 1. The molecule has 6 nitrogen and oxygen atoms in total. The van der Waals surface area contributed by atoms with Gasteiger partial charge in [0.1, 0.15) is 0 Å². The molecule has 2 aliphatic heterocycles. The number of anilines is 2. The van der Waals surface area contributed by atoms with Gasteiger partial charge in [-0.1, -0.05) is 65.6 Å². The smallest absolute Gasteiger partial charge is 0.238 e. The van der Waals surface area contributed by atoms with Gasteiger partial charge < -0.3 is 15.0 Å². The second-order valence-electron chi connectivity index (χ2n) is 7.65. The van der Waals surface area contributed by atoms with Crippen LogP contribution in [0.1, 0.15) is 24.4 Å². The van der Waals surface area contributed by atoms with E-state index < -0.39 is 0 Å². The summed E-state index contributed by atoms with van der Waals surface area (Å²) in [5, 5.41) is 12.6. The lowest BCUT2D eigenvalue weighted by molar-refractivity contribution is -0.116. The van der Waals surface area contributed by atoms with Crippen molar-refractivity contribution in [3.63, 3.8) is 0 Å². The van der Waals surface area contributed by atoms with Gasteiger partial charge in [-0.05, 0) is 30.5 Å². The fourth-order valence-electron chi connectivity index (χ4n) is 3.96. The number of hydrogen-bond acceptors (Lipinski definition) is 8. The number of carbonyl (C=O) groups excluding carboxylic acids is 1. The van der Waals surface area contributed by atoms with Crippen LogP contribution in [-0.2, 0) is 9.53 Å². The van der Waals surface area contributed by atoms with Crippen molar-refractivity contribution in [2.24, 2.45) is 0 Å². The number of nitrogens with zero attached hydrogens (tertiary/aromatic N) is 3. The van der Waals surface area contributed by atoms with Gasteiger partial charge in [0.05, 0.1) is 23.6 Å². The Bertz CT molecular complexity index is 1060. The number of nitrogens with one attached hydrogen (secondary N) is 1. The normalized spacial score (nSPS) is 20.2. The largest absolute Gasteiger partial charge is 0.376 e. The summed E-state index contributed by atoms with van der Waals surface area (Å²) >= 11 is 4.74. The van der Waals surface area contributed by atoms with Crippen LogP contribution in [0.4, 0.5) is 10.8 Å². The maximum atomic E-state index is 13.4. The molecule has 9 heteroatoms. The molecule has 0 bridgehead atoms. The van der Waals surface area contributed by atoms with E-state index in [1.807, 2.05) is 41.3 Å². The molecule has 1 fully saturated rings. The first-order valence-electron chi connectivity index (χ1n) is 10.7. The van der Waals surface area contributed by atoms with Crippen LogP contribution in [0.2, 0.25) is 0 Å². The van der Waals surface area contributed by atoms with Crippen molar-refractivity contribution < 1.29 is 9.53 Å². The van der Waals surface area contributed by atoms with E-state index in [2.05, 4.69) is 33.7 Å². The molecule has 166 valence electrons. The molecule has 5 rings (SSSR count). The molecule has 2 aliphatic rings. The second-order valence-corrected chi connectivity index (χ2v) is 10.9. The zero-order valence-corrected chi connectivity index (χ0v) is 19.9. The fourth-order valence-corrected chi connectivity index (χ4v) is 6.74. The third-order valence-electron chi connectivity index (χ3n) is 5.52. The van der Waals surface area contributed by atoms with Gasteiger partial charge >= 0.3 is 0 Å². The van der Waals surface area contributed by atoms with Crippen molar-refractivity contribution in [2.45, 2.75) is 34.2 Å². The lowest BCUT2D eigenvalue weighted by Gasteiger charge is -2.37. The number of benzene rings is 2. The maximum absolute atomic E-state index is 13.4. The summed E-state index contributed by atoms with van der Waals surface area (Å²) < 4.78 is 6.44. The van der Waals surface area contributed by atoms with E-state index in [1.54, 1.807) is 11.8 Å².